The van der Waals surface area contributed by atoms with Crippen molar-refractivity contribution in [3.8, 4) is 34.3 Å². The van der Waals surface area contributed by atoms with E-state index in [0.29, 0.717) is 34.1 Å². The first kappa shape index (κ1) is 29.4. The third-order valence-corrected chi connectivity index (χ3v) is 7.61. The molecule has 2 aromatic heterocycles. The highest BCUT2D eigenvalue weighted by molar-refractivity contribution is 5.96. The van der Waals surface area contributed by atoms with Crippen LogP contribution in [0.3, 0.4) is 0 Å². The van der Waals surface area contributed by atoms with Crippen LogP contribution in [0.25, 0.3) is 22.0 Å². The summed E-state index contributed by atoms with van der Waals surface area (Å²) < 4.78 is 31.8. The first-order chi connectivity index (χ1) is 23.0. The predicted molar refractivity (Wildman–Crippen MR) is 173 cm³/mol. The molecule has 1 aliphatic heterocycles. The van der Waals surface area contributed by atoms with Gasteiger partial charge in [0.15, 0.2) is 11.5 Å². The van der Waals surface area contributed by atoms with E-state index >= 15 is 4.39 Å². The highest BCUT2D eigenvalue weighted by Crippen LogP contribution is 2.36. The smallest absolute Gasteiger partial charge is 0.257 e. The van der Waals surface area contributed by atoms with Crippen molar-refractivity contribution in [2.75, 3.05) is 6.79 Å². The number of hydrogen-bond donors (Lipinski definition) is 2. The first-order valence-corrected chi connectivity index (χ1v) is 14.8. The number of carbonyl (C=O) groups excluding carboxylic acids is 2. The molecule has 0 aliphatic carbocycles. The van der Waals surface area contributed by atoms with E-state index in [4.69, 9.17) is 14.2 Å². The normalized spacial score (nSPS) is 11.7. The van der Waals surface area contributed by atoms with Gasteiger partial charge in [-0.3, -0.25) is 14.6 Å². The van der Waals surface area contributed by atoms with Gasteiger partial charge in [-0.2, -0.15) is 0 Å². The summed E-state index contributed by atoms with van der Waals surface area (Å²) in [4.78, 5) is 34.6. The van der Waals surface area contributed by atoms with Gasteiger partial charge in [-0.05, 0) is 59.7 Å². The third kappa shape index (κ3) is 6.57. The number of benzene rings is 4. The molecule has 7 rings (SSSR count). The number of fused-ring (bicyclic) bond motifs is 2. The molecule has 0 atom stereocenters. The van der Waals surface area contributed by atoms with Gasteiger partial charge in [-0.15, -0.1) is 0 Å². The second kappa shape index (κ2) is 13.0. The second-order valence-corrected chi connectivity index (χ2v) is 10.7. The lowest BCUT2D eigenvalue weighted by Crippen LogP contribution is -2.23. The largest absolute Gasteiger partial charge is 0.454 e. The number of pyridine rings is 2. The monoisotopic (exact) mass is 626 g/mol. The summed E-state index contributed by atoms with van der Waals surface area (Å²) in [6.45, 7) is 0.591. The minimum Gasteiger partial charge on any atom is -0.454 e. The molecule has 2 N–H and O–H groups in total. The first-order valence-electron chi connectivity index (χ1n) is 14.8. The van der Waals surface area contributed by atoms with Crippen LogP contribution in [0.2, 0.25) is 0 Å². The third-order valence-electron chi connectivity index (χ3n) is 7.61. The zero-order valence-electron chi connectivity index (χ0n) is 24.9. The van der Waals surface area contributed by atoms with Crippen LogP contribution in [0, 0.1) is 5.82 Å². The molecular formula is C37H27FN4O5. The minimum atomic E-state index is -0.519. The summed E-state index contributed by atoms with van der Waals surface area (Å²) in [5.41, 5.74) is 3.83. The number of halogens is 1. The van der Waals surface area contributed by atoms with Crippen molar-refractivity contribution in [1.29, 1.82) is 0 Å². The van der Waals surface area contributed by atoms with Gasteiger partial charge in [0.1, 0.15) is 17.1 Å². The summed E-state index contributed by atoms with van der Waals surface area (Å²) in [7, 11) is 0. The molecule has 9 nitrogen and oxygen atoms in total. The molecule has 0 fully saturated rings. The maximum Gasteiger partial charge on any atom is 0.257 e. The summed E-state index contributed by atoms with van der Waals surface area (Å²) in [5.74, 6) is 0.503. The van der Waals surface area contributed by atoms with Gasteiger partial charge in [-0.25, -0.2) is 9.37 Å². The van der Waals surface area contributed by atoms with Crippen LogP contribution in [0.5, 0.6) is 23.1 Å². The lowest BCUT2D eigenvalue weighted by atomic mass is 10.0. The Kier molecular flexibility index (Phi) is 8.13. The molecule has 0 spiro atoms. The van der Waals surface area contributed by atoms with Gasteiger partial charge < -0.3 is 24.8 Å². The fourth-order valence-corrected chi connectivity index (χ4v) is 5.15. The topological polar surface area (TPSA) is 112 Å². The van der Waals surface area contributed by atoms with Gasteiger partial charge in [0.25, 0.3) is 11.8 Å². The fourth-order valence-electron chi connectivity index (χ4n) is 5.15. The molecule has 232 valence electrons. The molecule has 3 heterocycles. The highest BCUT2D eigenvalue weighted by atomic mass is 19.1. The Bertz CT molecular complexity index is 2120. The molecule has 47 heavy (non-hydrogen) atoms. The predicted octanol–water partition coefficient (Wildman–Crippen LogP) is 6.82. The van der Waals surface area contributed by atoms with Crippen LogP contribution in [-0.4, -0.2) is 28.6 Å². The minimum absolute atomic E-state index is 0.142. The lowest BCUT2D eigenvalue weighted by Gasteiger charge is -2.11. The van der Waals surface area contributed by atoms with Crippen molar-refractivity contribution in [2.24, 2.45) is 0 Å². The van der Waals surface area contributed by atoms with Gasteiger partial charge >= 0.3 is 0 Å². The van der Waals surface area contributed by atoms with E-state index in [2.05, 4.69) is 20.6 Å². The molecule has 0 bridgehead atoms. The molecule has 4 aromatic carbocycles. The van der Waals surface area contributed by atoms with Crippen LogP contribution in [0.15, 0.2) is 115 Å². The Hall–Kier alpha value is -6.29. The van der Waals surface area contributed by atoms with Crippen molar-refractivity contribution < 1.29 is 28.2 Å². The average Bonchev–Trinajstić information content (AvgIpc) is 3.58. The lowest BCUT2D eigenvalue weighted by molar-refractivity contribution is 0.0940. The number of carbonyl (C=O) groups is 2. The van der Waals surface area contributed by atoms with E-state index in [9.17, 15) is 9.59 Å². The molecule has 2 amide bonds. The molecule has 6 aromatic rings. The van der Waals surface area contributed by atoms with Gasteiger partial charge in [-0.1, -0.05) is 54.6 Å². The highest BCUT2D eigenvalue weighted by Gasteiger charge is 2.18. The van der Waals surface area contributed by atoms with Crippen LogP contribution >= 0.6 is 0 Å². The molecular weight excluding hydrogens is 599 g/mol. The molecule has 0 unspecified atom stereocenters. The Morgan fingerprint density at radius 1 is 0.787 bits per heavy atom. The number of para-hydroxylation sites is 1. The summed E-state index contributed by atoms with van der Waals surface area (Å²) >= 11 is 0. The van der Waals surface area contributed by atoms with E-state index in [1.54, 1.807) is 72.9 Å². The molecule has 10 heteroatoms. The fraction of sp³-hybridized carbons (Fsp3) is 0.0811. The van der Waals surface area contributed by atoms with Crippen LogP contribution < -0.4 is 24.8 Å². The zero-order valence-corrected chi connectivity index (χ0v) is 24.9. The van der Waals surface area contributed by atoms with Gasteiger partial charge in [0, 0.05) is 35.3 Å². The van der Waals surface area contributed by atoms with Crippen LogP contribution in [0.1, 0.15) is 32.0 Å². The molecule has 0 saturated heterocycles. The van der Waals surface area contributed by atoms with Gasteiger partial charge in [0.05, 0.1) is 17.8 Å². The number of rotatable bonds is 9. The van der Waals surface area contributed by atoms with Crippen LogP contribution in [0.4, 0.5) is 4.39 Å². The maximum atomic E-state index is 15.2. The van der Waals surface area contributed by atoms with Crippen molar-refractivity contribution in [3.63, 3.8) is 0 Å². The number of nitrogens with one attached hydrogen (secondary N) is 2. The Balaban J connectivity index is 0.958. The summed E-state index contributed by atoms with van der Waals surface area (Å²) in [6.07, 6.45) is 1.54. The molecule has 1 aliphatic rings. The zero-order chi connectivity index (χ0) is 32.2. The summed E-state index contributed by atoms with van der Waals surface area (Å²) in [5, 5.41) is 6.70. The van der Waals surface area contributed by atoms with Crippen molar-refractivity contribution in [1.82, 2.24) is 20.6 Å². The van der Waals surface area contributed by atoms with Crippen molar-refractivity contribution >= 4 is 22.7 Å². The van der Waals surface area contributed by atoms with Crippen molar-refractivity contribution in [3.05, 3.63) is 144 Å². The number of amides is 2. The Morgan fingerprint density at radius 2 is 1.62 bits per heavy atom. The Labute approximate surface area is 269 Å². The quantitative estimate of drug-likeness (QED) is 0.181. The number of aromatic nitrogens is 2. The van der Waals surface area contributed by atoms with E-state index in [1.807, 2.05) is 36.4 Å². The van der Waals surface area contributed by atoms with E-state index in [1.165, 1.54) is 6.07 Å². The standard InChI is InChI=1S/C37H27FN4O5/c38-31-18-26(35(43)41-21-27-13-11-25-4-1-2-6-32(25)42-27)12-15-29(31)24-9-7-23(8-10-24)20-40-36(44)30-5-3-17-39-37(30)47-28-14-16-33-34(19-28)46-22-45-33/h1-19H,20-22H2,(H,40,44)(H,41,43). The van der Waals surface area contributed by atoms with Gasteiger partial charge in [0.2, 0.25) is 12.7 Å². The van der Waals surface area contributed by atoms with E-state index in [-0.39, 0.29) is 42.8 Å². The van der Waals surface area contributed by atoms with Crippen molar-refractivity contribution in [2.45, 2.75) is 13.1 Å². The van der Waals surface area contributed by atoms with Crippen LogP contribution in [-0.2, 0) is 13.1 Å². The number of ether oxygens (including phenoxy) is 3. The second-order valence-electron chi connectivity index (χ2n) is 10.7. The summed E-state index contributed by atoms with van der Waals surface area (Å²) in [6, 6.07) is 31.5. The van der Waals surface area contributed by atoms with E-state index < -0.39 is 11.7 Å². The SMILES string of the molecule is O=C(NCc1ccc2ccccc2n1)c1ccc(-c2ccc(CNC(=O)c3cccnc3Oc3ccc4c(c3)OCO4)cc2)c(F)c1. The maximum absolute atomic E-state index is 15.2. The number of hydrogen-bond acceptors (Lipinski definition) is 7. The number of nitrogens with zero attached hydrogens (tertiary/aromatic N) is 2. The average molecular weight is 627 g/mol. The molecule has 0 saturated carbocycles. The Morgan fingerprint density at radius 3 is 2.49 bits per heavy atom. The van der Waals surface area contributed by atoms with E-state index in [0.717, 1.165) is 16.5 Å². The molecule has 0 radical (unpaired) electrons.